The third-order valence-corrected chi connectivity index (χ3v) is 43.4. The molecule has 0 aliphatic heterocycles. The lowest BCUT2D eigenvalue weighted by Gasteiger charge is -2.42. The molecule has 0 aliphatic rings. The second-order valence-electron chi connectivity index (χ2n) is 36.9. The molecule has 0 spiro atoms. The summed E-state index contributed by atoms with van der Waals surface area (Å²) in [6.45, 7) is 63.2. The predicted molar refractivity (Wildman–Crippen MR) is 453 cm³/mol. The van der Waals surface area contributed by atoms with E-state index in [9.17, 15) is 9.59 Å². The molecule has 4 unspecified atom stereocenters. The summed E-state index contributed by atoms with van der Waals surface area (Å²) >= 11 is 2.92. The van der Waals surface area contributed by atoms with Gasteiger partial charge >= 0.3 is 0 Å². The van der Waals surface area contributed by atoms with E-state index in [0.717, 1.165) is 102 Å². The molecule has 0 aliphatic carbocycles. The Morgan fingerprint density at radius 1 is 0.286 bits per heavy atom. The molecule has 0 aromatic heterocycles. The Balaban J connectivity index is 6.33. The fourth-order valence-corrected chi connectivity index (χ4v) is 19.6. The fourth-order valence-electron chi connectivity index (χ4n) is 12.4. The lowest BCUT2D eigenvalue weighted by molar-refractivity contribution is -0.115. The predicted octanol–water partition coefficient (Wildman–Crippen LogP) is 28.1. The van der Waals surface area contributed by atoms with Crippen LogP contribution < -0.4 is 0 Å². The van der Waals surface area contributed by atoms with Gasteiger partial charge in [0.1, 0.15) is 0 Å². The van der Waals surface area contributed by atoms with Crippen LogP contribution in [0.1, 0.15) is 380 Å². The monoisotopic (exact) mass is 1490 g/mol. The van der Waals surface area contributed by atoms with E-state index >= 15 is 0 Å². The Hall–Kier alpha value is 0.668. The zero-order valence-corrected chi connectivity index (χ0v) is 76.5. The second kappa shape index (κ2) is 55.1. The first kappa shape index (κ1) is 98.7. The molecule has 0 aromatic rings. The van der Waals surface area contributed by atoms with Crippen LogP contribution in [-0.4, -0.2) is 128 Å². The molecule has 8 nitrogen and oxygen atoms in total. The van der Waals surface area contributed by atoms with E-state index in [1.54, 1.807) is 0 Å². The molecule has 0 bridgehead atoms. The molecule has 0 amide bonds. The van der Waals surface area contributed by atoms with Crippen LogP contribution in [0.5, 0.6) is 0 Å². The topological polar surface area (TPSA) is 77.5 Å². The maximum atomic E-state index is 13.5. The number of hydrogen-bond acceptors (Lipinski definition) is 10. The smallest absolute Gasteiger partial charge is 0.192 e. The number of carbonyl (C=O) groups excluding carboxylic acids is 2. The summed E-state index contributed by atoms with van der Waals surface area (Å²) in [7, 11) is -8.14. The molecule has 0 rings (SSSR count). The van der Waals surface area contributed by atoms with Crippen molar-refractivity contribution in [3.8, 4) is 0 Å². The van der Waals surface area contributed by atoms with E-state index in [2.05, 4.69) is 173 Å². The van der Waals surface area contributed by atoms with E-state index in [1.807, 2.05) is 0 Å². The number of nitrogens with zero attached hydrogens (tertiary/aromatic N) is 2. The van der Waals surface area contributed by atoms with Gasteiger partial charge in [-0.05, 0) is 137 Å². The highest BCUT2D eigenvalue weighted by Gasteiger charge is 2.43. The highest BCUT2D eigenvalue weighted by molar-refractivity contribution is 8.14. The maximum absolute atomic E-state index is 13.5. The van der Waals surface area contributed by atoms with Crippen LogP contribution in [0.3, 0.4) is 0 Å². The average molecular weight is 1490 g/mol. The van der Waals surface area contributed by atoms with Crippen molar-refractivity contribution >= 4 is 67.0 Å². The van der Waals surface area contributed by atoms with E-state index in [1.165, 1.54) is 229 Å². The normalized spacial score (nSPS) is 14.7. The standard InChI is InChI=1S/C84H176N2O6S2Si4/c1-25-29-33-37-41-45-49-53-61-75(89-95(17,18)81(5,6)7)71-85(72-76(90-96(19,20)82(8,9)10)62-54-50-46-42-38-34-30-26-2)67-57-59-69-93-79(87)65-66-80(88)94-70-60-58-68-86(73-77(91-97(21,22)83(11,12)13)63-55-51-47-43-39-35-31-27-3)74-78(92-98(23,24)84(14,15)16)64-56-52-48-44-40-36-32-28-4/h75-78H,25-74H2,1-24H3. The summed E-state index contributed by atoms with van der Waals surface area (Å²) in [5.74, 6) is 1.60. The van der Waals surface area contributed by atoms with Gasteiger partial charge in [-0.2, -0.15) is 0 Å². The number of rotatable bonds is 65. The fraction of sp³-hybridized carbons (Fsp3) is 0.976. The minimum absolute atomic E-state index is 0.143. The van der Waals surface area contributed by atoms with Crippen molar-refractivity contribution in [3.63, 3.8) is 0 Å². The first-order valence-electron chi connectivity index (χ1n) is 42.4. The first-order valence-corrected chi connectivity index (χ1v) is 56.0. The number of carbonyl (C=O) groups is 2. The molecule has 4 atom stereocenters. The van der Waals surface area contributed by atoms with E-state index in [-0.39, 0.29) is 54.8 Å². The second-order valence-corrected chi connectivity index (χ2v) is 58.3. The molecule has 0 saturated carbocycles. The van der Waals surface area contributed by atoms with Crippen LogP contribution in [0, 0.1) is 0 Å². The average Bonchev–Trinajstić information content (AvgIpc) is 0.834. The van der Waals surface area contributed by atoms with Crippen molar-refractivity contribution in [2.75, 3.05) is 50.8 Å². The van der Waals surface area contributed by atoms with Gasteiger partial charge in [0.25, 0.3) is 0 Å². The number of thioether (sulfide) groups is 2. The summed E-state index contributed by atoms with van der Waals surface area (Å²) < 4.78 is 29.7. The van der Waals surface area contributed by atoms with E-state index < -0.39 is 33.3 Å². The Bertz CT molecular complexity index is 1670. The molecule has 0 saturated heterocycles. The van der Waals surface area contributed by atoms with Gasteiger partial charge < -0.3 is 17.7 Å². The van der Waals surface area contributed by atoms with Gasteiger partial charge in [-0.15, -0.1) is 0 Å². The van der Waals surface area contributed by atoms with Crippen LogP contribution in [0.15, 0.2) is 0 Å². The minimum atomic E-state index is -2.03. The molecule has 586 valence electrons. The van der Waals surface area contributed by atoms with Crippen molar-refractivity contribution in [1.29, 1.82) is 0 Å². The SMILES string of the molecule is CCCCCCCCCCC(CN(CCCCSC(=O)CCC(=O)SCCCCN(CC(CCCCCCCCCC)O[Si](C)(C)C(C)(C)C)CC(CCCCCCCCCC)O[Si](C)(C)C(C)(C)C)CC(CCCCCCCCCC)O[Si](C)(C)C(C)(C)C)O[Si](C)(C)C(C)(C)C. The third-order valence-electron chi connectivity index (χ3n) is 23.2. The van der Waals surface area contributed by atoms with Gasteiger partial charge in [-0.3, -0.25) is 19.4 Å². The van der Waals surface area contributed by atoms with Crippen LogP contribution in [0.4, 0.5) is 0 Å². The van der Waals surface area contributed by atoms with Crippen LogP contribution >= 0.6 is 23.5 Å². The summed E-state index contributed by atoms with van der Waals surface area (Å²) in [6.07, 6.45) is 52.3. The Morgan fingerprint density at radius 3 is 0.653 bits per heavy atom. The van der Waals surface area contributed by atoms with Crippen molar-refractivity contribution in [3.05, 3.63) is 0 Å². The van der Waals surface area contributed by atoms with Gasteiger partial charge in [0, 0.05) is 50.5 Å². The lowest BCUT2D eigenvalue weighted by atomic mass is 10.0. The largest absolute Gasteiger partial charge is 0.413 e. The molecule has 0 heterocycles. The van der Waals surface area contributed by atoms with Crippen LogP contribution in [-0.2, 0) is 27.3 Å². The molecule has 0 aromatic carbocycles. The van der Waals surface area contributed by atoms with Crippen molar-refractivity contribution < 1.29 is 27.3 Å². The van der Waals surface area contributed by atoms with Gasteiger partial charge in [-0.25, -0.2) is 0 Å². The number of unbranched alkanes of at least 4 members (excludes halogenated alkanes) is 30. The lowest BCUT2D eigenvalue weighted by Crippen LogP contribution is -2.50. The van der Waals surface area contributed by atoms with E-state index in [4.69, 9.17) is 17.7 Å². The molecular weight excluding hydrogens is 1310 g/mol. The van der Waals surface area contributed by atoms with Gasteiger partial charge in [-0.1, -0.05) is 340 Å². The highest BCUT2D eigenvalue weighted by Crippen LogP contribution is 2.42. The van der Waals surface area contributed by atoms with Crippen LogP contribution in [0.25, 0.3) is 0 Å². The van der Waals surface area contributed by atoms with Crippen molar-refractivity contribution in [2.24, 2.45) is 0 Å². The zero-order chi connectivity index (χ0) is 74.2. The van der Waals surface area contributed by atoms with Crippen molar-refractivity contribution in [2.45, 2.75) is 477 Å². The van der Waals surface area contributed by atoms with Gasteiger partial charge in [0.15, 0.2) is 43.5 Å². The van der Waals surface area contributed by atoms with Gasteiger partial charge in [0.05, 0.1) is 24.4 Å². The molecule has 14 heteroatoms. The molecule has 0 fully saturated rings. The molecular formula is C84H176N2O6S2Si4. The third kappa shape index (κ3) is 49.5. The summed E-state index contributed by atoms with van der Waals surface area (Å²) in [6, 6.07) is 0. The molecule has 0 radical (unpaired) electrons. The van der Waals surface area contributed by atoms with Crippen LogP contribution in [0.2, 0.25) is 72.5 Å². The highest BCUT2D eigenvalue weighted by atomic mass is 32.2. The Labute approximate surface area is 628 Å². The summed E-state index contributed by atoms with van der Waals surface area (Å²) in [4.78, 5) is 32.6. The molecule has 0 N–H and O–H groups in total. The minimum Gasteiger partial charge on any atom is -0.413 e. The van der Waals surface area contributed by atoms with Gasteiger partial charge in [0.2, 0.25) is 0 Å². The number of hydrogen-bond donors (Lipinski definition) is 0. The maximum Gasteiger partial charge on any atom is 0.192 e. The zero-order valence-electron chi connectivity index (χ0n) is 70.8. The van der Waals surface area contributed by atoms with E-state index in [0.29, 0.717) is 12.8 Å². The molecule has 98 heavy (non-hydrogen) atoms. The Morgan fingerprint density at radius 2 is 0.469 bits per heavy atom. The quantitative estimate of drug-likeness (QED) is 0.0434. The summed E-state index contributed by atoms with van der Waals surface area (Å²) in [5.41, 5.74) is 0. The van der Waals surface area contributed by atoms with Crippen molar-refractivity contribution in [1.82, 2.24) is 9.80 Å². The Kier molecular flexibility index (Phi) is 55.5. The summed E-state index contributed by atoms with van der Waals surface area (Å²) in [5, 5.41) is 0.899. The first-order chi connectivity index (χ1) is 45.9.